The van der Waals surface area contributed by atoms with Gasteiger partial charge in [-0.25, -0.2) is 0 Å². The largest absolute Gasteiger partial charge is 0.508 e. The number of aromatic hydroxyl groups is 1. The number of likely N-dealkylation sites (tertiary alicyclic amines) is 1. The Balaban J connectivity index is 2.14. The van der Waals surface area contributed by atoms with Gasteiger partial charge in [0, 0.05) is 16.1 Å². The van der Waals surface area contributed by atoms with Crippen molar-refractivity contribution < 1.29 is 5.11 Å². The van der Waals surface area contributed by atoms with E-state index in [9.17, 15) is 5.11 Å². The molecule has 2 rings (SSSR count). The van der Waals surface area contributed by atoms with Crippen molar-refractivity contribution in [1.29, 1.82) is 0 Å². The molecule has 1 unspecified atom stereocenters. The fourth-order valence-electron chi connectivity index (χ4n) is 2.97. The number of phenols is 1. The minimum absolute atomic E-state index is 0.302. The molecule has 1 heterocycles. The van der Waals surface area contributed by atoms with Gasteiger partial charge >= 0.3 is 0 Å². The molecule has 19 heavy (non-hydrogen) atoms. The van der Waals surface area contributed by atoms with Crippen LogP contribution in [-0.2, 0) is 0 Å². The summed E-state index contributed by atoms with van der Waals surface area (Å²) in [6.45, 7) is 5.13. The zero-order valence-electron chi connectivity index (χ0n) is 11.5. The Morgan fingerprint density at radius 1 is 1.42 bits per heavy atom. The van der Waals surface area contributed by atoms with Crippen molar-refractivity contribution in [3.05, 3.63) is 28.2 Å². The molecule has 3 N–H and O–H groups in total. The quantitative estimate of drug-likeness (QED) is 0.892. The lowest BCUT2D eigenvalue weighted by Crippen LogP contribution is -2.38. The van der Waals surface area contributed by atoms with Crippen molar-refractivity contribution in [3.8, 4) is 5.75 Å². The number of hydrogen-bond donors (Lipinski definition) is 2. The number of phenolic OH excluding ortho intramolecular Hbond substituents is 1. The molecule has 1 aliphatic rings. The van der Waals surface area contributed by atoms with Gasteiger partial charge in [0.1, 0.15) is 5.75 Å². The molecule has 0 aromatic heterocycles. The Morgan fingerprint density at radius 2 is 2.11 bits per heavy atom. The molecule has 1 aromatic carbocycles. The molecule has 1 atom stereocenters. The van der Waals surface area contributed by atoms with Gasteiger partial charge in [-0.1, -0.05) is 22.9 Å². The van der Waals surface area contributed by atoms with Crippen LogP contribution in [0.25, 0.3) is 0 Å². The third-order valence-corrected chi connectivity index (χ3v) is 4.65. The number of nitrogens with two attached hydrogens (primary N) is 1. The molecule has 4 heteroatoms. The van der Waals surface area contributed by atoms with Gasteiger partial charge < -0.3 is 10.8 Å². The summed E-state index contributed by atoms with van der Waals surface area (Å²) in [6, 6.07) is 6.00. The highest BCUT2D eigenvalue weighted by atomic mass is 79.9. The standard InChI is InChI=1S/C15H23BrN2O/c1-2-14(13-9-12(16)3-4-15(13)19)18-7-5-11(10-17)6-8-18/h3-4,9,11,14,19H,2,5-8,10,17H2,1H3. The monoisotopic (exact) mass is 326 g/mol. The normalized spacial score (nSPS) is 19.5. The zero-order chi connectivity index (χ0) is 13.8. The van der Waals surface area contributed by atoms with E-state index < -0.39 is 0 Å². The maximum Gasteiger partial charge on any atom is 0.120 e. The van der Waals surface area contributed by atoms with Gasteiger partial charge in [0.25, 0.3) is 0 Å². The van der Waals surface area contributed by atoms with Crippen LogP contribution in [0, 0.1) is 5.92 Å². The minimum Gasteiger partial charge on any atom is -0.508 e. The van der Waals surface area contributed by atoms with Gasteiger partial charge in [-0.15, -0.1) is 0 Å². The van der Waals surface area contributed by atoms with E-state index >= 15 is 0 Å². The molecular weight excluding hydrogens is 304 g/mol. The summed E-state index contributed by atoms with van der Waals surface area (Å²) in [5.74, 6) is 1.07. The SMILES string of the molecule is CCC(c1cc(Br)ccc1O)N1CCC(CN)CC1. The van der Waals surface area contributed by atoms with Crippen molar-refractivity contribution in [2.24, 2.45) is 11.7 Å². The Labute approximate surface area is 123 Å². The highest BCUT2D eigenvalue weighted by molar-refractivity contribution is 9.10. The lowest BCUT2D eigenvalue weighted by atomic mass is 9.93. The summed E-state index contributed by atoms with van der Waals surface area (Å²) >= 11 is 3.49. The number of nitrogens with zero attached hydrogens (tertiary/aromatic N) is 1. The van der Waals surface area contributed by atoms with Crippen LogP contribution >= 0.6 is 15.9 Å². The summed E-state index contributed by atoms with van der Waals surface area (Å²) in [4.78, 5) is 2.48. The summed E-state index contributed by atoms with van der Waals surface area (Å²) < 4.78 is 1.02. The molecule has 0 aliphatic carbocycles. The molecule has 106 valence electrons. The number of piperidine rings is 1. The first-order valence-corrected chi connectivity index (χ1v) is 7.87. The smallest absolute Gasteiger partial charge is 0.120 e. The molecule has 3 nitrogen and oxygen atoms in total. The first-order chi connectivity index (χ1) is 9.15. The van der Waals surface area contributed by atoms with Gasteiger partial charge in [0.15, 0.2) is 0 Å². The number of benzene rings is 1. The molecule has 1 aliphatic heterocycles. The maximum atomic E-state index is 10.1. The lowest BCUT2D eigenvalue weighted by molar-refractivity contribution is 0.129. The van der Waals surface area contributed by atoms with E-state index in [1.54, 1.807) is 6.07 Å². The average molecular weight is 327 g/mol. The Morgan fingerprint density at radius 3 is 2.68 bits per heavy atom. The van der Waals surface area contributed by atoms with Gasteiger partial charge in [-0.05, 0) is 63.0 Å². The van der Waals surface area contributed by atoms with E-state index in [0.29, 0.717) is 17.7 Å². The molecule has 0 spiro atoms. The van der Waals surface area contributed by atoms with Crippen LogP contribution in [-0.4, -0.2) is 29.6 Å². The molecule has 0 bridgehead atoms. The molecule has 1 fully saturated rings. The van der Waals surface area contributed by atoms with Gasteiger partial charge in [-0.2, -0.15) is 0 Å². The molecule has 0 amide bonds. The summed E-state index contributed by atoms with van der Waals surface area (Å²) in [7, 11) is 0. The van der Waals surface area contributed by atoms with Gasteiger partial charge in [0.05, 0.1) is 0 Å². The van der Waals surface area contributed by atoms with E-state index in [1.807, 2.05) is 12.1 Å². The first kappa shape index (κ1) is 14.8. The van der Waals surface area contributed by atoms with Crippen LogP contribution < -0.4 is 5.73 Å². The van der Waals surface area contributed by atoms with E-state index in [1.165, 1.54) is 12.8 Å². The highest BCUT2D eigenvalue weighted by Gasteiger charge is 2.26. The van der Waals surface area contributed by atoms with Gasteiger partial charge in [-0.3, -0.25) is 4.90 Å². The molecule has 0 saturated carbocycles. The number of halogens is 1. The number of hydrogen-bond acceptors (Lipinski definition) is 3. The van der Waals surface area contributed by atoms with Crippen molar-refractivity contribution in [2.75, 3.05) is 19.6 Å². The minimum atomic E-state index is 0.302. The highest BCUT2D eigenvalue weighted by Crippen LogP contribution is 2.35. The van der Waals surface area contributed by atoms with Crippen LogP contribution in [0.2, 0.25) is 0 Å². The average Bonchev–Trinajstić information content (AvgIpc) is 2.44. The predicted octanol–water partition coefficient (Wildman–Crippen LogP) is 3.28. The Kier molecular flexibility index (Phi) is 5.25. The van der Waals surface area contributed by atoms with Crippen molar-refractivity contribution >= 4 is 15.9 Å². The molecule has 0 radical (unpaired) electrons. The summed E-state index contributed by atoms with van der Waals surface area (Å²) in [5, 5.41) is 10.1. The van der Waals surface area contributed by atoms with Crippen LogP contribution in [0.15, 0.2) is 22.7 Å². The maximum absolute atomic E-state index is 10.1. The van der Waals surface area contributed by atoms with E-state index in [4.69, 9.17) is 5.73 Å². The van der Waals surface area contributed by atoms with Crippen molar-refractivity contribution in [3.63, 3.8) is 0 Å². The molecule has 1 saturated heterocycles. The van der Waals surface area contributed by atoms with E-state index in [0.717, 1.165) is 36.1 Å². The fraction of sp³-hybridized carbons (Fsp3) is 0.600. The second-order valence-electron chi connectivity index (χ2n) is 5.34. The third-order valence-electron chi connectivity index (χ3n) is 4.16. The zero-order valence-corrected chi connectivity index (χ0v) is 13.1. The Bertz CT molecular complexity index is 417. The van der Waals surface area contributed by atoms with Crippen LogP contribution in [0.5, 0.6) is 5.75 Å². The lowest BCUT2D eigenvalue weighted by Gasteiger charge is -2.37. The fourth-order valence-corrected chi connectivity index (χ4v) is 3.35. The van der Waals surface area contributed by atoms with Gasteiger partial charge in [0.2, 0.25) is 0 Å². The van der Waals surface area contributed by atoms with Crippen molar-refractivity contribution in [2.45, 2.75) is 32.2 Å². The summed E-state index contributed by atoms with van der Waals surface area (Å²) in [5.41, 5.74) is 6.78. The first-order valence-electron chi connectivity index (χ1n) is 7.08. The summed E-state index contributed by atoms with van der Waals surface area (Å²) in [6.07, 6.45) is 3.35. The Hall–Kier alpha value is -0.580. The predicted molar refractivity (Wildman–Crippen MR) is 82.2 cm³/mol. The topological polar surface area (TPSA) is 49.5 Å². The van der Waals surface area contributed by atoms with E-state index in [-0.39, 0.29) is 0 Å². The second kappa shape index (κ2) is 6.73. The third kappa shape index (κ3) is 3.50. The second-order valence-corrected chi connectivity index (χ2v) is 6.26. The van der Waals surface area contributed by atoms with Crippen LogP contribution in [0.4, 0.5) is 0 Å². The van der Waals surface area contributed by atoms with Crippen LogP contribution in [0.1, 0.15) is 37.8 Å². The number of rotatable bonds is 4. The molecule has 1 aromatic rings. The van der Waals surface area contributed by atoms with Crippen molar-refractivity contribution in [1.82, 2.24) is 4.90 Å². The van der Waals surface area contributed by atoms with Crippen LogP contribution in [0.3, 0.4) is 0 Å². The van der Waals surface area contributed by atoms with E-state index in [2.05, 4.69) is 27.8 Å². The molecular formula is C15H23BrN2O.